The van der Waals surface area contributed by atoms with Gasteiger partial charge in [0.2, 0.25) is 11.8 Å². The summed E-state index contributed by atoms with van der Waals surface area (Å²) in [5.74, 6) is 0.244. The van der Waals surface area contributed by atoms with Gasteiger partial charge in [-0.25, -0.2) is 4.68 Å². The number of hydrogen-bond acceptors (Lipinski definition) is 3. The Kier molecular flexibility index (Phi) is 3.25. The first kappa shape index (κ1) is 15.8. The smallest absolute Gasteiger partial charge is 0.240 e. The van der Waals surface area contributed by atoms with Gasteiger partial charge in [-0.3, -0.25) is 9.59 Å². The van der Waals surface area contributed by atoms with E-state index in [1.54, 1.807) is 10.9 Å². The summed E-state index contributed by atoms with van der Waals surface area (Å²) >= 11 is 0. The lowest BCUT2D eigenvalue weighted by atomic mass is 9.72. The Morgan fingerprint density at radius 1 is 1.04 bits per heavy atom. The first-order valence-corrected chi connectivity index (χ1v) is 8.90. The number of amides is 2. The van der Waals surface area contributed by atoms with Crippen LogP contribution >= 0.6 is 0 Å². The maximum absolute atomic E-state index is 13.0. The molecule has 3 aromatic rings. The van der Waals surface area contributed by atoms with E-state index >= 15 is 0 Å². The van der Waals surface area contributed by atoms with E-state index in [9.17, 15) is 9.59 Å². The average Bonchev–Trinajstić information content (AvgIpc) is 3.17. The van der Waals surface area contributed by atoms with E-state index in [0.717, 1.165) is 22.4 Å². The molecule has 1 spiro atoms. The normalized spacial score (nSPS) is 20.2. The average molecular weight is 358 g/mol. The number of nitrogens with one attached hydrogen (secondary N) is 2. The van der Waals surface area contributed by atoms with E-state index < -0.39 is 5.41 Å². The summed E-state index contributed by atoms with van der Waals surface area (Å²) in [6.45, 7) is 2.56. The zero-order chi connectivity index (χ0) is 18.6. The molecule has 0 unspecified atom stereocenters. The van der Waals surface area contributed by atoms with Crippen LogP contribution in [0.2, 0.25) is 0 Å². The van der Waals surface area contributed by atoms with Gasteiger partial charge in [0.05, 0.1) is 12.7 Å². The topological polar surface area (TPSA) is 76.0 Å². The standard InChI is InChI=1S/C21H18N4O2/c1-13-6-8-14(9-7-13)12-25-19-16(11-22-25)21(10-18(26)24-19)15-4-2-3-5-17(15)23-20(21)27/h2-9,11H,10,12H2,1H3,(H,23,27)(H,24,26)/t21-/m0/s1. The van der Waals surface area contributed by atoms with Gasteiger partial charge in [0, 0.05) is 17.7 Å². The van der Waals surface area contributed by atoms with Gasteiger partial charge in [0.1, 0.15) is 11.2 Å². The minimum absolute atomic E-state index is 0.0824. The summed E-state index contributed by atoms with van der Waals surface area (Å²) in [5, 5.41) is 10.4. The summed E-state index contributed by atoms with van der Waals surface area (Å²) in [4.78, 5) is 25.6. The molecular formula is C21H18N4O2. The molecule has 1 atom stereocenters. The highest BCUT2D eigenvalue weighted by Gasteiger charge is 2.54. The van der Waals surface area contributed by atoms with Gasteiger partial charge in [-0.15, -0.1) is 0 Å². The fourth-order valence-corrected chi connectivity index (χ4v) is 4.09. The molecule has 1 aromatic heterocycles. The van der Waals surface area contributed by atoms with Crippen LogP contribution < -0.4 is 10.6 Å². The predicted octanol–water partition coefficient (Wildman–Crippen LogP) is 2.82. The molecule has 6 nitrogen and oxygen atoms in total. The number of benzene rings is 2. The highest BCUT2D eigenvalue weighted by atomic mass is 16.2. The van der Waals surface area contributed by atoms with Gasteiger partial charge in [-0.2, -0.15) is 5.10 Å². The first-order valence-electron chi connectivity index (χ1n) is 8.90. The SMILES string of the molecule is Cc1ccc(Cn2ncc3c2NC(=O)C[C@@]32C(=O)Nc3ccccc32)cc1. The van der Waals surface area contributed by atoms with Crippen molar-refractivity contribution < 1.29 is 9.59 Å². The van der Waals surface area contributed by atoms with Crippen molar-refractivity contribution in [2.45, 2.75) is 25.3 Å². The van der Waals surface area contributed by atoms with Gasteiger partial charge in [-0.1, -0.05) is 48.0 Å². The number of fused-ring (bicyclic) bond motifs is 4. The molecule has 0 saturated carbocycles. The molecule has 0 fully saturated rings. The number of aryl methyl sites for hydroxylation is 1. The highest BCUT2D eigenvalue weighted by Crippen LogP contribution is 2.49. The molecule has 0 bridgehead atoms. The van der Waals surface area contributed by atoms with Crippen LogP contribution in [0.1, 0.15) is 28.7 Å². The molecule has 5 rings (SSSR count). The van der Waals surface area contributed by atoms with Crippen molar-refractivity contribution in [2.24, 2.45) is 0 Å². The minimum atomic E-state index is -1.01. The van der Waals surface area contributed by atoms with E-state index in [-0.39, 0.29) is 18.2 Å². The van der Waals surface area contributed by atoms with E-state index in [2.05, 4.69) is 15.7 Å². The lowest BCUT2D eigenvalue weighted by molar-refractivity contribution is -0.125. The van der Waals surface area contributed by atoms with Crippen LogP contribution in [0.5, 0.6) is 0 Å². The third-order valence-electron chi connectivity index (χ3n) is 5.46. The van der Waals surface area contributed by atoms with Gasteiger partial charge in [0.25, 0.3) is 0 Å². The van der Waals surface area contributed by atoms with Crippen molar-refractivity contribution >= 4 is 23.3 Å². The van der Waals surface area contributed by atoms with Crippen LogP contribution in [0.15, 0.2) is 54.7 Å². The molecule has 134 valence electrons. The lowest BCUT2D eigenvalue weighted by Gasteiger charge is -2.31. The molecule has 2 aliphatic rings. The number of rotatable bonds is 2. The maximum Gasteiger partial charge on any atom is 0.240 e. The number of carbonyl (C=O) groups is 2. The Morgan fingerprint density at radius 3 is 2.63 bits per heavy atom. The molecule has 6 heteroatoms. The fourth-order valence-electron chi connectivity index (χ4n) is 4.09. The molecule has 3 heterocycles. The van der Waals surface area contributed by atoms with Crippen LogP contribution in [-0.2, 0) is 21.5 Å². The number of anilines is 2. The quantitative estimate of drug-likeness (QED) is 0.740. The molecule has 2 aromatic carbocycles. The van der Waals surface area contributed by atoms with Gasteiger partial charge in [0.15, 0.2) is 0 Å². The molecule has 0 radical (unpaired) electrons. The zero-order valence-corrected chi connectivity index (χ0v) is 14.8. The molecule has 0 aliphatic carbocycles. The van der Waals surface area contributed by atoms with Gasteiger partial charge < -0.3 is 10.6 Å². The molecular weight excluding hydrogens is 340 g/mol. The molecule has 2 aliphatic heterocycles. The third-order valence-corrected chi connectivity index (χ3v) is 5.46. The Hall–Kier alpha value is -3.41. The maximum atomic E-state index is 13.0. The molecule has 27 heavy (non-hydrogen) atoms. The van der Waals surface area contributed by atoms with E-state index in [1.165, 1.54) is 5.56 Å². The lowest BCUT2D eigenvalue weighted by Crippen LogP contribution is -2.43. The predicted molar refractivity (Wildman–Crippen MR) is 102 cm³/mol. The van der Waals surface area contributed by atoms with Crippen LogP contribution in [0, 0.1) is 6.92 Å². The highest BCUT2D eigenvalue weighted by molar-refractivity contribution is 6.14. The molecule has 2 amide bonds. The van der Waals surface area contributed by atoms with Gasteiger partial charge >= 0.3 is 0 Å². The third kappa shape index (κ3) is 2.23. The Morgan fingerprint density at radius 2 is 1.81 bits per heavy atom. The van der Waals surface area contributed by atoms with Crippen molar-refractivity contribution in [3.8, 4) is 0 Å². The van der Waals surface area contributed by atoms with Crippen LogP contribution in [-0.4, -0.2) is 21.6 Å². The van der Waals surface area contributed by atoms with E-state index in [0.29, 0.717) is 12.4 Å². The van der Waals surface area contributed by atoms with E-state index in [1.807, 2.05) is 55.5 Å². The fraction of sp³-hybridized carbons (Fsp3) is 0.190. The minimum Gasteiger partial charge on any atom is -0.325 e. The second kappa shape index (κ2) is 5.54. The van der Waals surface area contributed by atoms with Crippen molar-refractivity contribution in [3.05, 3.63) is 77.0 Å². The zero-order valence-electron chi connectivity index (χ0n) is 14.8. The number of aromatic nitrogens is 2. The first-order chi connectivity index (χ1) is 13.1. The van der Waals surface area contributed by atoms with Gasteiger partial charge in [-0.05, 0) is 24.1 Å². The monoisotopic (exact) mass is 358 g/mol. The van der Waals surface area contributed by atoms with Crippen LogP contribution in [0.3, 0.4) is 0 Å². The number of nitrogens with zero attached hydrogens (tertiary/aromatic N) is 2. The van der Waals surface area contributed by atoms with E-state index in [4.69, 9.17) is 0 Å². The second-order valence-corrected chi connectivity index (χ2v) is 7.18. The number of para-hydroxylation sites is 1. The summed E-state index contributed by atoms with van der Waals surface area (Å²) in [6, 6.07) is 15.7. The van der Waals surface area contributed by atoms with Crippen molar-refractivity contribution in [1.29, 1.82) is 0 Å². The Bertz CT molecular complexity index is 1080. The molecule has 0 saturated heterocycles. The van der Waals surface area contributed by atoms with Crippen LogP contribution in [0.25, 0.3) is 0 Å². The number of hydrogen-bond donors (Lipinski definition) is 2. The molecule has 2 N–H and O–H groups in total. The summed E-state index contributed by atoms with van der Waals surface area (Å²) in [5.41, 5.74) is 3.59. The summed E-state index contributed by atoms with van der Waals surface area (Å²) < 4.78 is 1.76. The van der Waals surface area contributed by atoms with Crippen molar-refractivity contribution in [1.82, 2.24) is 9.78 Å². The summed E-state index contributed by atoms with van der Waals surface area (Å²) in [6.07, 6.45) is 1.80. The summed E-state index contributed by atoms with van der Waals surface area (Å²) in [7, 11) is 0. The van der Waals surface area contributed by atoms with Crippen molar-refractivity contribution in [3.63, 3.8) is 0 Å². The largest absolute Gasteiger partial charge is 0.325 e. The Balaban J connectivity index is 1.64. The Labute approximate surface area is 156 Å². The number of carbonyl (C=O) groups excluding carboxylic acids is 2. The second-order valence-electron chi connectivity index (χ2n) is 7.18. The van der Waals surface area contributed by atoms with Crippen molar-refractivity contribution in [2.75, 3.05) is 10.6 Å². The van der Waals surface area contributed by atoms with Crippen LogP contribution in [0.4, 0.5) is 11.5 Å².